The molecule has 0 spiro atoms. The van der Waals surface area contributed by atoms with E-state index in [0.29, 0.717) is 37.7 Å². The molecule has 1 heterocycles. The fourth-order valence-corrected chi connectivity index (χ4v) is 3.73. The van der Waals surface area contributed by atoms with Gasteiger partial charge >= 0.3 is 0 Å². The summed E-state index contributed by atoms with van der Waals surface area (Å²) in [5.41, 5.74) is 23.9. The fourth-order valence-electron chi connectivity index (χ4n) is 3.73. The average Bonchev–Trinajstić information content (AvgIpc) is 2.61. The second-order valence-corrected chi connectivity index (χ2v) is 8.03. The van der Waals surface area contributed by atoms with Gasteiger partial charge in [-0.1, -0.05) is 26.0 Å². The summed E-state index contributed by atoms with van der Waals surface area (Å²) in [4.78, 5) is 32.2. The monoisotopic (exact) mass is 403 g/mol. The maximum absolute atomic E-state index is 13.1. The first-order chi connectivity index (χ1) is 13.7. The van der Waals surface area contributed by atoms with Crippen LogP contribution in [0.5, 0.6) is 0 Å². The zero-order valence-electron chi connectivity index (χ0n) is 17.3. The third kappa shape index (κ3) is 7.03. The molecule has 29 heavy (non-hydrogen) atoms. The van der Waals surface area contributed by atoms with Gasteiger partial charge in [-0.15, -0.1) is 0 Å². The number of nitrogens with two attached hydrogens (primary N) is 4. The molecule has 0 aliphatic carbocycles. The van der Waals surface area contributed by atoms with Gasteiger partial charge in [0.15, 0.2) is 5.96 Å². The minimum Gasteiger partial charge on any atom is -0.370 e. The molecule has 8 N–H and O–H groups in total. The lowest BCUT2D eigenvalue weighted by molar-refractivity contribution is -0.138. The summed E-state index contributed by atoms with van der Waals surface area (Å²) in [6, 6.07) is 6.69. The molecule has 1 aromatic rings. The van der Waals surface area contributed by atoms with Gasteiger partial charge in [-0.05, 0) is 36.5 Å². The van der Waals surface area contributed by atoms with Crippen molar-refractivity contribution in [2.24, 2.45) is 33.8 Å². The highest BCUT2D eigenvalue weighted by Gasteiger charge is 2.33. The van der Waals surface area contributed by atoms with Gasteiger partial charge in [-0.25, -0.2) is 4.99 Å². The average molecular weight is 404 g/mol. The molecule has 160 valence electrons. The van der Waals surface area contributed by atoms with Crippen molar-refractivity contribution in [2.45, 2.75) is 38.8 Å². The van der Waals surface area contributed by atoms with Crippen LogP contribution in [0.2, 0.25) is 0 Å². The Kier molecular flexibility index (Phi) is 7.98. The molecule has 2 atom stereocenters. The number of primary amides is 1. The fraction of sp³-hybridized carbons (Fsp3) is 0.550. The topological polar surface area (TPSA) is 157 Å². The van der Waals surface area contributed by atoms with Crippen LogP contribution >= 0.6 is 0 Å². The summed E-state index contributed by atoms with van der Waals surface area (Å²) in [5.74, 6) is -0.00365. The smallest absolute Gasteiger partial charge is 0.240 e. The lowest BCUT2D eigenvalue weighted by Crippen LogP contribution is -2.59. The first-order valence-electron chi connectivity index (χ1n) is 9.91. The predicted molar refractivity (Wildman–Crippen MR) is 114 cm³/mol. The molecule has 2 rings (SSSR count). The number of rotatable bonds is 8. The number of amides is 2. The highest BCUT2D eigenvalue weighted by Crippen LogP contribution is 2.19. The van der Waals surface area contributed by atoms with E-state index in [2.05, 4.69) is 18.8 Å². The number of nitrogens with zero attached hydrogens (tertiary/aromatic N) is 3. The number of hydrogen-bond donors (Lipinski definition) is 4. The standard InChI is InChI=1S/C20H33N7O2/c1-13(2)9-16-11-26(12-18(22)28)7-8-27(16)19(29)17(21)10-14-3-5-15(6-4-14)25-20(23)24/h3-6,13,16-17H,7-12,21H2,1-2H3,(H2,22,28)(H4,23,24,25)/t16?,17-/m0/s1. The number of hydrogen-bond acceptors (Lipinski definition) is 5. The van der Waals surface area contributed by atoms with E-state index in [1.807, 2.05) is 21.9 Å². The SMILES string of the molecule is CC(C)CC1CN(CC(N)=O)CCN1C(=O)[C@@H](N)Cc1ccc(N=C(N)N)cc1. The summed E-state index contributed by atoms with van der Waals surface area (Å²) in [7, 11) is 0. The number of aliphatic imine (C=N–C) groups is 1. The Bertz CT molecular complexity index is 729. The minimum atomic E-state index is -0.638. The Labute approximate surface area is 172 Å². The highest BCUT2D eigenvalue weighted by molar-refractivity contribution is 5.82. The number of carbonyl (C=O) groups is 2. The van der Waals surface area contributed by atoms with E-state index in [1.165, 1.54) is 0 Å². The molecule has 9 nitrogen and oxygen atoms in total. The summed E-state index contributed by atoms with van der Waals surface area (Å²) in [5, 5.41) is 0. The van der Waals surface area contributed by atoms with E-state index in [-0.39, 0.29) is 30.4 Å². The van der Waals surface area contributed by atoms with Crippen molar-refractivity contribution in [3.63, 3.8) is 0 Å². The minimum absolute atomic E-state index is 0.00342. The van der Waals surface area contributed by atoms with Crippen LogP contribution in [0.15, 0.2) is 29.3 Å². The molecular weight excluding hydrogens is 370 g/mol. The van der Waals surface area contributed by atoms with Crippen molar-refractivity contribution in [3.8, 4) is 0 Å². The molecule has 0 aromatic heterocycles. The van der Waals surface area contributed by atoms with Crippen molar-refractivity contribution in [3.05, 3.63) is 29.8 Å². The Balaban J connectivity index is 2.03. The van der Waals surface area contributed by atoms with Gasteiger partial charge in [-0.2, -0.15) is 0 Å². The van der Waals surface area contributed by atoms with Crippen molar-refractivity contribution in [1.29, 1.82) is 0 Å². The quantitative estimate of drug-likeness (QED) is 0.339. The zero-order chi connectivity index (χ0) is 21.6. The van der Waals surface area contributed by atoms with Gasteiger partial charge < -0.3 is 27.8 Å². The molecule has 1 unspecified atom stereocenters. The van der Waals surface area contributed by atoms with Crippen LogP contribution in [0.1, 0.15) is 25.8 Å². The third-order valence-electron chi connectivity index (χ3n) is 4.94. The summed E-state index contributed by atoms with van der Waals surface area (Å²) in [6.07, 6.45) is 1.28. The summed E-state index contributed by atoms with van der Waals surface area (Å²) >= 11 is 0. The Hall–Kier alpha value is -2.65. The summed E-state index contributed by atoms with van der Waals surface area (Å²) in [6.45, 7) is 6.24. The Morgan fingerprint density at radius 2 is 1.79 bits per heavy atom. The van der Waals surface area contributed by atoms with E-state index in [4.69, 9.17) is 22.9 Å². The van der Waals surface area contributed by atoms with Crippen LogP contribution < -0.4 is 22.9 Å². The van der Waals surface area contributed by atoms with Crippen LogP contribution in [0.25, 0.3) is 0 Å². The van der Waals surface area contributed by atoms with Crippen LogP contribution in [0.3, 0.4) is 0 Å². The van der Waals surface area contributed by atoms with Gasteiger partial charge in [0, 0.05) is 25.7 Å². The van der Waals surface area contributed by atoms with Crippen molar-refractivity contribution >= 4 is 23.5 Å². The van der Waals surface area contributed by atoms with Gasteiger partial charge in [-0.3, -0.25) is 14.5 Å². The van der Waals surface area contributed by atoms with E-state index in [1.54, 1.807) is 12.1 Å². The molecule has 1 aliphatic heterocycles. The number of carbonyl (C=O) groups excluding carboxylic acids is 2. The number of piperazine rings is 1. The third-order valence-corrected chi connectivity index (χ3v) is 4.94. The zero-order valence-corrected chi connectivity index (χ0v) is 17.3. The molecule has 1 aromatic carbocycles. The Morgan fingerprint density at radius 1 is 1.14 bits per heavy atom. The molecule has 2 amide bonds. The van der Waals surface area contributed by atoms with Crippen molar-refractivity contribution < 1.29 is 9.59 Å². The summed E-state index contributed by atoms with van der Waals surface area (Å²) < 4.78 is 0. The van der Waals surface area contributed by atoms with Crippen molar-refractivity contribution in [1.82, 2.24) is 9.80 Å². The largest absolute Gasteiger partial charge is 0.370 e. The first kappa shape index (κ1) is 22.6. The molecule has 0 bridgehead atoms. The van der Waals surface area contributed by atoms with Gasteiger partial charge in [0.05, 0.1) is 18.3 Å². The van der Waals surface area contributed by atoms with E-state index in [9.17, 15) is 9.59 Å². The molecule has 1 aliphatic rings. The normalized spacial score (nSPS) is 18.5. The van der Waals surface area contributed by atoms with Gasteiger partial charge in [0.2, 0.25) is 11.8 Å². The van der Waals surface area contributed by atoms with E-state index < -0.39 is 6.04 Å². The van der Waals surface area contributed by atoms with E-state index in [0.717, 1.165) is 12.0 Å². The lowest BCUT2D eigenvalue weighted by atomic mass is 9.98. The molecule has 1 saturated heterocycles. The molecule has 0 radical (unpaired) electrons. The van der Waals surface area contributed by atoms with Crippen LogP contribution in [-0.4, -0.2) is 65.8 Å². The molecule has 0 saturated carbocycles. The number of benzene rings is 1. The van der Waals surface area contributed by atoms with Crippen molar-refractivity contribution in [2.75, 3.05) is 26.2 Å². The Morgan fingerprint density at radius 3 is 2.34 bits per heavy atom. The predicted octanol–water partition coefficient (Wildman–Crippen LogP) is -0.494. The van der Waals surface area contributed by atoms with Crippen LogP contribution in [0.4, 0.5) is 5.69 Å². The second kappa shape index (κ2) is 10.2. The van der Waals surface area contributed by atoms with Crippen LogP contribution in [0, 0.1) is 5.92 Å². The molecule has 1 fully saturated rings. The van der Waals surface area contributed by atoms with E-state index >= 15 is 0 Å². The van der Waals surface area contributed by atoms with Crippen LogP contribution in [-0.2, 0) is 16.0 Å². The first-order valence-corrected chi connectivity index (χ1v) is 9.91. The number of guanidine groups is 1. The van der Waals surface area contributed by atoms with Gasteiger partial charge in [0.25, 0.3) is 0 Å². The highest BCUT2D eigenvalue weighted by atomic mass is 16.2. The second-order valence-electron chi connectivity index (χ2n) is 8.03. The van der Waals surface area contributed by atoms with Gasteiger partial charge in [0.1, 0.15) is 0 Å². The maximum Gasteiger partial charge on any atom is 0.240 e. The maximum atomic E-state index is 13.1. The molecular formula is C20H33N7O2. The molecule has 9 heteroatoms. The lowest BCUT2D eigenvalue weighted by Gasteiger charge is -2.42.